The molecule has 4 atom stereocenters. The second-order valence-corrected chi connectivity index (χ2v) is 11.3. The van der Waals surface area contributed by atoms with Gasteiger partial charge in [0.05, 0.1) is 6.42 Å². The molecular weight excluding hydrogens is 618 g/mol. The van der Waals surface area contributed by atoms with Gasteiger partial charge < -0.3 is 54.0 Å². The lowest BCUT2D eigenvalue weighted by molar-refractivity contribution is -0.138. The van der Waals surface area contributed by atoms with Crippen molar-refractivity contribution in [3.05, 3.63) is 12.7 Å². The fourth-order valence-corrected chi connectivity index (χ4v) is 5.02. The fraction of sp³-hybridized carbons (Fsp3) is 0.655. The number of hydrogen-bond acceptors (Lipinski definition) is 9. The Labute approximate surface area is 273 Å². The number of carbonyl (C=O) groups is 7. The molecule has 0 radical (unpaired) electrons. The molecule has 1 rings (SSSR count). The number of carbonyl (C=O) groups excluding carboxylic acids is 6. The number of nitrogens with zero attached hydrogens (tertiary/aromatic N) is 1. The number of carboxylic acids is 1. The van der Waals surface area contributed by atoms with E-state index in [2.05, 4.69) is 32.8 Å². The van der Waals surface area contributed by atoms with Crippen LogP contribution < -0.4 is 44.2 Å². The van der Waals surface area contributed by atoms with Crippen molar-refractivity contribution in [3.8, 4) is 0 Å². The van der Waals surface area contributed by atoms with E-state index in [1.54, 1.807) is 0 Å². The van der Waals surface area contributed by atoms with E-state index in [4.69, 9.17) is 27.7 Å². The minimum absolute atomic E-state index is 0.0600. The standard InChI is InChI=1S/C29H49N9O9/c1-2-14-47-29(46)38-18(10-6-7-13-34-28(32)33)25(43)35-19(11-12-23(40)41)26(44)37-21(16-22(30)39)27(45)36-20(24(31)42)15-17-8-4-3-5-9-17/h2,17-21H,1,3-16H2,(H2,30,39)(H2,31,42)(H,35,43)(H,36,45)(H,37,44)(H,38,46)(H,40,41)(H4,32,33,34)/t18-,19-,20-,21-/m0/s1. The number of unbranched alkanes of at least 4 members (excludes halogenated alkanes) is 1. The van der Waals surface area contributed by atoms with Crippen LogP contribution in [0, 0.1) is 5.92 Å². The van der Waals surface area contributed by atoms with Crippen LogP contribution in [-0.2, 0) is 33.5 Å². The van der Waals surface area contributed by atoms with Gasteiger partial charge in [-0.1, -0.05) is 44.8 Å². The van der Waals surface area contributed by atoms with Crippen LogP contribution in [0.25, 0.3) is 0 Å². The summed E-state index contributed by atoms with van der Waals surface area (Å²) in [7, 11) is 0. The molecule has 0 saturated heterocycles. The number of nitrogens with one attached hydrogen (secondary N) is 4. The highest BCUT2D eigenvalue weighted by Crippen LogP contribution is 2.27. The molecule has 6 amide bonds. The van der Waals surface area contributed by atoms with Crippen LogP contribution in [0.4, 0.5) is 4.79 Å². The molecule has 0 aromatic carbocycles. The lowest BCUT2D eigenvalue weighted by Crippen LogP contribution is -2.58. The third-order valence-electron chi connectivity index (χ3n) is 7.41. The number of amides is 6. The summed E-state index contributed by atoms with van der Waals surface area (Å²) >= 11 is 0. The average molecular weight is 668 g/mol. The molecule has 47 heavy (non-hydrogen) atoms. The van der Waals surface area contributed by atoms with Crippen LogP contribution >= 0.6 is 0 Å². The van der Waals surface area contributed by atoms with Gasteiger partial charge in [-0.2, -0.15) is 0 Å². The van der Waals surface area contributed by atoms with Gasteiger partial charge in [0.15, 0.2) is 5.96 Å². The Balaban J connectivity index is 3.11. The predicted octanol–water partition coefficient (Wildman–Crippen LogP) is -1.64. The van der Waals surface area contributed by atoms with E-state index in [1.165, 1.54) is 6.08 Å². The smallest absolute Gasteiger partial charge is 0.408 e. The monoisotopic (exact) mass is 667 g/mol. The van der Waals surface area contributed by atoms with Gasteiger partial charge in [0.2, 0.25) is 29.5 Å². The predicted molar refractivity (Wildman–Crippen MR) is 170 cm³/mol. The second kappa shape index (κ2) is 21.8. The van der Waals surface area contributed by atoms with Gasteiger partial charge in [-0.25, -0.2) is 4.79 Å². The van der Waals surface area contributed by atoms with E-state index in [-0.39, 0.29) is 37.9 Å². The molecule has 0 heterocycles. The average Bonchev–Trinajstić information content (AvgIpc) is 3.00. The van der Waals surface area contributed by atoms with E-state index in [9.17, 15) is 38.7 Å². The van der Waals surface area contributed by atoms with E-state index >= 15 is 0 Å². The van der Waals surface area contributed by atoms with Crippen molar-refractivity contribution in [3.63, 3.8) is 0 Å². The summed E-state index contributed by atoms with van der Waals surface area (Å²) in [5, 5.41) is 18.9. The first-order valence-corrected chi connectivity index (χ1v) is 15.5. The van der Waals surface area contributed by atoms with Crippen LogP contribution in [0.3, 0.4) is 0 Å². The first-order valence-electron chi connectivity index (χ1n) is 15.5. The SMILES string of the molecule is C=CCOC(=O)N[C@@H](CCCCN=C(N)N)C(=O)N[C@@H](CCC(=O)O)C(=O)N[C@@H](CC(N)=O)C(=O)N[C@@H](CC1CCCCC1)C(N)=O. The zero-order valence-electron chi connectivity index (χ0n) is 26.5. The number of aliphatic imine (C=N–C) groups is 1. The molecule has 0 aromatic heterocycles. The number of alkyl carbamates (subject to hydrolysis) is 1. The zero-order chi connectivity index (χ0) is 35.4. The number of rotatable bonds is 22. The number of carboxylic acid groups (broad SMARTS) is 1. The van der Waals surface area contributed by atoms with Crippen LogP contribution in [0.2, 0.25) is 0 Å². The number of ether oxygens (including phenoxy) is 1. The number of nitrogens with two attached hydrogens (primary N) is 4. The molecule has 1 saturated carbocycles. The topological polar surface area (TPSA) is 314 Å². The van der Waals surface area contributed by atoms with Crippen LogP contribution in [-0.4, -0.2) is 90.0 Å². The first kappa shape index (κ1) is 40.1. The van der Waals surface area contributed by atoms with Crippen molar-refractivity contribution in [2.45, 2.75) is 101 Å². The molecule has 264 valence electrons. The summed E-state index contributed by atoms with van der Waals surface area (Å²) in [4.78, 5) is 91.2. The maximum atomic E-state index is 13.4. The fourth-order valence-electron chi connectivity index (χ4n) is 5.02. The van der Waals surface area contributed by atoms with Gasteiger partial charge >= 0.3 is 12.1 Å². The number of hydrogen-bond donors (Lipinski definition) is 9. The molecule has 0 aromatic rings. The van der Waals surface area contributed by atoms with E-state index < -0.39 is 85.0 Å². The number of guanidine groups is 1. The summed E-state index contributed by atoms with van der Waals surface area (Å²) in [6, 6.07) is -5.39. The molecule has 18 heteroatoms. The van der Waals surface area contributed by atoms with Gasteiger partial charge in [-0.15, -0.1) is 0 Å². The number of aliphatic carboxylic acids is 1. The van der Waals surface area contributed by atoms with Crippen LogP contribution in [0.5, 0.6) is 0 Å². The third kappa shape index (κ3) is 17.4. The summed E-state index contributed by atoms with van der Waals surface area (Å²) in [6.45, 7) is 3.55. The highest BCUT2D eigenvalue weighted by atomic mass is 16.5. The van der Waals surface area contributed by atoms with Gasteiger partial charge in [0.1, 0.15) is 30.8 Å². The zero-order valence-corrected chi connectivity index (χ0v) is 26.5. The molecule has 0 spiro atoms. The van der Waals surface area contributed by atoms with Crippen molar-refractivity contribution < 1.29 is 43.4 Å². The normalized spacial score (nSPS) is 15.4. The van der Waals surface area contributed by atoms with Crippen molar-refractivity contribution in [1.29, 1.82) is 0 Å². The van der Waals surface area contributed by atoms with Crippen molar-refractivity contribution in [2.75, 3.05) is 13.2 Å². The van der Waals surface area contributed by atoms with Crippen molar-refractivity contribution >= 4 is 47.6 Å². The molecule has 1 fully saturated rings. The quantitative estimate of drug-likeness (QED) is 0.0273. The van der Waals surface area contributed by atoms with Crippen LogP contribution in [0.15, 0.2) is 17.6 Å². The molecule has 18 nitrogen and oxygen atoms in total. The van der Waals surface area contributed by atoms with E-state index in [0.717, 1.165) is 32.1 Å². The molecule has 0 unspecified atom stereocenters. The van der Waals surface area contributed by atoms with Gasteiger partial charge in [-0.3, -0.25) is 33.8 Å². The number of primary amides is 2. The lowest BCUT2D eigenvalue weighted by atomic mass is 9.84. The summed E-state index contributed by atoms with van der Waals surface area (Å²) < 4.78 is 4.89. The van der Waals surface area contributed by atoms with Gasteiger partial charge in [-0.05, 0) is 38.0 Å². The summed E-state index contributed by atoms with van der Waals surface area (Å²) in [6.07, 6.45) is 4.63. The van der Waals surface area contributed by atoms with Crippen LogP contribution in [0.1, 0.15) is 77.0 Å². The highest BCUT2D eigenvalue weighted by Gasteiger charge is 2.33. The minimum atomic E-state index is -1.57. The maximum Gasteiger partial charge on any atom is 0.408 e. The van der Waals surface area contributed by atoms with E-state index in [0.29, 0.717) is 12.8 Å². The van der Waals surface area contributed by atoms with Gasteiger partial charge in [0.25, 0.3) is 0 Å². The summed E-state index contributed by atoms with van der Waals surface area (Å²) in [5.41, 5.74) is 21.5. The minimum Gasteiger partial charge on any atom is -0.481 e. The Kier molecular flexibility index (Phi) is 18.6. The Bertz CT molecular complexity index is 1140. The highest BCUT2D eigenvalue weighted by molar-refractivity contribution is 5.97. The molecule has 0 bridgehead atoms. The second-order valence-electron chi connectivity index (χ2n) is 11.3. The lowest BCUT2D eigenvalue weighted by Gasteiger charge is -2.28. The Hall–Kier alpha value is -4.90. The molecule has 13 N–H and O–H groups in total. The maximum absolute atomic E-state index is 13.4. The van der Waals surface area contributed by atoms with Crippen molar-refractivity contribution in [1.82, 2.24) is 21.3 Å². The molecule has 1 aliphatic carbocycles. The van der Waals surface area contributed by atoms with Gasteiger partial charge in [0, 0.05) is 13.0 Å². The third-order valence-corrected chi connectivity index (χ3v) is 7.41. The Morgan fingerprint density at radius 2 is 1.38 bits per heavy atom. The molecule has 0 aliphatic heterocycles. The Morgan fingerprint density at radius 1 is 0.809 bits per heavy atom. The molecule has 1 aliphatic rings. The molecular formula is C29H49N9O9. The first-order chi connectivity index (χ1) is 22.2. The summed E-state index contributed by atoms with van der Waals surface area (Å²) in [5.74, 6) is -5.76. The Morgan fingerprint density at radius 3 is 1.94 bits per heavy atom. The van der Waals surface area contributed by atoms with Crippen molar-refractivity contribution in [2.24, 2.45) is 33.8 Å². The largest absolute Gasteiger partial charge is 0.481 e. The van der Waals surface area contributed by atoms with E-state index in [1.807, 2.05) is 0 Å².